The van der Waals surface area contributed by atoms with Gasteiger partial charge in [0.2, 0.25) is 0 Å². The summed E-state index contributed by atoms with van der Waals surface area (Å²) in [5, 5.41) is 9.63. The Kier molecular flexibility index (Phi) is 5.65. The zero-order valence-corrected chi connectivity index (χ0v) is 10.9. The summed E-state index contributed by atoms with van der Waals surface area (Å²) in [7, 11) is 1.34. The second-order valence-corrected chi connectivity index (χ2v) is 4.64. The van der Waals surface area contributed by atoms with E-state index in [9.17, 15) is 9.90 Å². The average Bonchev–Trinajstić information content (AvgIpc) is 2.36. The molecule has 0 saturated heterocycles. The van der Waals surface area contributed by atoms with Crippen LogP contribution in [-0.4, -0.2) is 24.2 Å². The predicted molar refractivity (Wildman–Crippen MR) is 70.2 cm³/mol. The molecule has 0 amide bonds. The van der Waals surface area contributed by atoms with Crippen LogP contribution >= 0.6 is 0 Å². The van der Waals surface area contributed by atoms with Gasteiger partial charge in [0.25, 0.3) is 0 Å². The van der Waals surface area contributed by atoms with Gasteiger partial charge in [-0.15, -0.1) is 0 Å². The lowest BCUT2D eigenvalue weighted by atomic mass is 9.95. The molecular weight excluding hydrogens is 230 g/mol. The summed E-state index contributed by atoms with van der Waals surface area (Å²) in [6.45, 7) is 2.04. The molecule has 3 N–H and O–H groups in total. The fourth-order valence-electron chi connectivity index (χ4n) is 1.92. The number of carbonyl (C=O) groups is 1. The Bertz CT molecular complexity index is 392. The van der Waals surface area contributed by atoms with E-state index in [-0.39, 0.29) is 5.97 Å². The minimum Gasteiger partial charge on any atom is -0.508 e. The minimum absolute atomic E-state index is 0.304. The molecule has 0 spiro atoms. The Morgan fingerprint density at radius 1 is 1.44 bits per heavy atom. The van der Waals surface area contributed by atoms with E-state index in [1.165, 1.54) is 7.11 Å². The maximum atomic E-state index is 11.2. The first kappa shape index (κ1) is 14.5. The van der Waals surface area contributed by atoms with Crippen molar-refractivity contribution in [3.05, 3.63) is 29.8 Å². The van der Waals surface area contributed by atoms with Crippen LogP contribution in [0.15, 0.2) is 24.3 Å². The first-order valence-corrected chi connectivity index (χ1v) is 6.15. The SMILES string of the molecule is COC(=O)C(N)CC(C)CCc1ccccc1O. The van der Waals surface area contributed by atoms with Crippen LogP contribution in [-0.2, 0) is 16.0 Å². The van der Waals surface area contributed by atoms with Gasteiger partial charge in [0.15, 0.2) is 0 Å². The summed E-state index contributed by atoms with van der Waals surface area (Å²) in [6.07, 6.45) is 2.25. The van der Waals surface area contributed by atoms with Crippen LogP contribution in [0.25, 0.3) is 0 Å². The van der Waals surface area contributed by atoms with Crippen molar-refractivity contribution in [2.45, 2.75) is 32.2 Å². The van der Waals surface area contributed by atoms with E-state index >= 15 is 0 Å². The van der Waals surface area contributed by atoms with E-state index in [4.69, 9.17) is 5.73 Å². The quantitative estimate of drug-likeness (QED) is 0.757. The molecule has 1 aromatic carbocycles. The minimum atomic E-state index is -0.561. The van der Waals surface area contributed by atoms with Crippen LogP contribution in [0.5, 0.6) is 5.75 Å². The number of hydrogen-bond donors (Lipinski definition) is 2. The van der Waals surface area contributed by atoms with E-state index in [1.807, 2.05) is 19.1 Å². The number of ether oxygens (including phenoxy) is 1. The van der Waals surface area contributed by atoms with Crippen LogP contribution in [0.4, 0.5) is 0 Å². The van der Waals surface area contributed by atoms with Gasteiger partial charge in [-0.05, 0) is 36.8 Å². The summed E-state index contributed by atoms with van der Waals surface area (Å²) < 4.78 is 4.59. The van der Waals surface area contributed by atoms with Crippen molar-refractivity contribution >= 4 is 5.97 Å². The Labute approximate surface area is 108 Å². The highest BCUT2D eigenvalue weighted by Crippen LogP contribution is 2.20. The average molecular weight is 251 g/mol. The van der Waals surface area contributed by atoms with E-state index in [0.717, 1.165) is 18.4 Å². The van der Waals surface area contributed by atoms with Crippen LogP contribution in [0.1, 0.15) is 25.3 Å². The molecule has 0 aromatic heterocycles. The zero-order chi connectivity index (χ0) is 13.5. The number of carbonyl (C=O) groups excluding carboxylic acids is 1. The zero-order valence-electron chi connectivity index (χ0n) is 10.9. The first-order chi connectivity index (χ1) is 8.54. The fraction of sp³-hybridized carbons (Fsp3) is 0.500. The van der Waals surface area contributed by atoms with E-state index in [0.29, 0.717) is 18.1 Å². The molecule has 0 bridgehead atoms. The fourth-order valence-corrected chi connectivity index (χ4v) is 1.92. The number of esters is 1. The van der Waals surface area contributed by atoms with Crippen LogP contribution in [0, 0.1) is 5.92 Å². The van der Waals surface area contributed by atoms with Gasteiger partial charge in [-0.1, -0.05) is 25.1 Å². The van der Waals surface area contributed by atoms with Crippen molar-refractivity contribution in [3.8, 4) is 5.75 Å². The van der Waals surface area contributed by atoms with Crippen molar-refractivity contribution < 1.29 is 14.6 Å². The molecule has 0 heterocycles. The molecule has 0 fully saturated rings. The molecule has 2 unspecified atom stereocenters. The van der Waals surface area contributed by atoms with Crippen LogP contribution in [0.2, 0.25) is 0 Å². The normalized spacial score (nSPS) is 13.9. The second kappa shape index (κ2) is 7.01. The van der Waals surface area contributed by atoms with E-state index in [1.54, 1.807) is 12.1 Å². The number of phenolic OH excluding ortho intramolecular Hbond substituents is 1. The highest BCUT2D eigenvalue weighted by Gasteiger charge is 2.17. The number of phenols is 1. The third-order valence-electron chi connectivity index (χ3n) is 3.06. The molecule has 2 atom stereocenters. The molecule has 4 heteroatoms. The third kappa shape index (κ3) is 4.37. The van der Waals surface area contributed by atoms with Crippen molar-refractivity contribution in [3.63, 3.8) is 0 Å². The summed E-state index contributed by atoms with van der Waals surface area (Å²) in [4.78, 5) is 11.2. The van der Waals surface area contributed by atoms with Gasteiger partial charge >= 0.3 is 5.97 Å². The first-order valence-electron chi connectivity index (χ1n) is 6.15. The lowest BCUT2D eigenvalue weighted by molar-refractivity contribution is -0.142. The number of para-hydroxylation sites is 1. The summed E-state index contributed by atoms with van der Waals surface area (Å²) >= 11 is 0. The molecule has 0 aliphatic heterocycles. The number of benzene rings is 1. The lowest BCUT2D eigenvalue weighted by Crippen LogP contribution is -2.33. The van der Waals surface area contributed by atoms with Crippen LogP contribution in [0.3, 0.4) is 0 Å². The van der Waals surface area contributed by atoms with Gasteiger partial charge in [0.1, 0.15) is 11.8 Å². The van der Waals surface area contributed by atoms with Crippen LogP contribution < -0.4 is 5.73 Å². The Balaban J connectivity index is 2.40. The highest BCUT2D eigenvalue weighted by molar-refractivity contribution is 5.75. The highest BCUT2D eigenvalue weighted by atomic mass is 16.5. The summed E-state index contributed by atoms with van der Waals surface area (Å²) in [5.41, 5.74) is 6.63. The molecule has 100 valence electrons. The maximum absolute atomic E-state index is 11.2. The molecule has 0 saturated carbocycles. The topological polar surface area (TPSA) is 72.5 Å². The predicted octanol–water partition coefficient (Wildman–Crippen LogP) is 1.85. The standard InChI is InChI=1S/C14H21NO3/c1-10(9-12(15)14(17)18-2)7-8-11-5-3-4-6-13(11)16/h3-6,10,12,16H,7-9,15H2,1-2H3. The number of aryl methyl sites for hydroxylation is 1. The van der Waals surface area contributed by atoms with E-state index < -0.39 is 6.04 Å². The van der Waals surface area contributed by atoms with Gasteiger partial charge in [-0.2, -0.15) is 0 Å². The second-order valence-electron chi connectivity index (χ2n) is 4.64. The number of methoxy groups -OCH3 is 1. The molecular formula is C14H21NO3. The lowest BCUT2D eigenvalue weighted by Gasteiger charge is -2.15. The summed E-state index contributed by atoms with van der Waals surface area (Å²) in [6, 6.07) is 6.73. The van der Waals surface area contributed by atoms with E-state index in [2.05, 4.69) is 4.74 Å². The maximum Gasteiger partial charge on any atom is 0.322 e. The van der Waals surface area contributed by atoms with Gasteiger partial charge < -0.3 is 15.6 Å². The smallest absolute Gasteiger partial charge is 0.322 e. The largest absolute Gasteiger partial charge is 0.508 e. The molecule has 4 nitrogen and oxygen atoms in total. The molecule has 1 aromatic rings. The Hall–Kier alpha value is -1.55. The van der Waals surface area contributed by atoms with Crippen molar-refractivity contribution in [2.24, 2.45) is 11.7 Å². The molecule has 18 heavy (non-hydrogen) atoms. The molecule has 0 aliphatic rings. The van der Waals surface area contributed by atoms with Crippen molar-refractivity contribution in [1.29, 1.82) is 0 Å². The number of aromatic hydroxyl groups is 1. The number of nitrogens with two attached hydrogens (primary N) is 1. The molecule has 0 radical (unpaired) electrons. The van der Waals surface area contributed by atoms with Crippen molar-refractivity contribution in [2.75, 3.05) is 7.11 Å². The van der Waals surface area contributed by atoms with Crippen molar-refractivity contribution in [1.82, 2.24) is 0 Å². The monoisotopic (exact) mass is 251 g/mol. The Morgan fingerprint density at radius 3 is 2.72 bits per heavy atom. The number of hydrogen-bond acceptors (Lipinski definition) is 4. The van der Waals surface area contributed by atoms with Gasteiger partial charge in [0.05, 0.1) is 7.11 Å². The van der Waals surface area contributed by atoms with Gasteiger partial charge in [-0.25, -0.2) is 0 Å². The van der Waals surface area contributed by atoms with Gasteiger partial charge in [-0.3, -0.25) is 4.79 Å². The van der Waals surface area contributed by atoms with Gasteiger partial charge in [0, 0.05) is 0 Å². The molecule has 1 rings (SSSR count). The molecule has 0 aliphatic carbocycles. The third-order valence-corrected chi connectivity index (χ3v) is 3.06. The number of rotatable bonds is 6. The summed E-state index contributed by atoms with van der Waals surface area (Å²) in [5.74, 6) is 0.255. The Morgan fingerprint density at radius 2 is 2.11 bits per heavy atom.